The summed E-state index contributed by atoms with van der Waals surface area (Å²) < 4.78 is 9.79. The number of alkyl carbamates (subject to hydrolysis) is 1. The minimum atomic E-state index is -0.916. The summed E-state index contributed by atoms with van der Waals surface area (Å²) in [6.45, 7) is 5.17. The first kappa shape index (κ1) is 17.4. The minimum Gasteiger partial charge on any atom is -0.467 e. The van der Waals surface area contributed by atoms with Crippen molar-refractivity contribution in [2.24, 2.45) is 0 Å². The SMILES string of the molecule is COC(=O)[C@H](Cc1ccc(C#N)cn1)NC(=O)OC(C)(C)C. The molecule has 0 aromatic carbocycles. The Morgan fingerprint density at radius 3 is 2.55 bits per heavy atom. The quantitative estimate of drug-likeness (QED) is 0.847. The van der Waals surface area contributed by atoms with E-state index in [0.717, 1.165) is 0 Å². The zero-order valence-electron chi connectivity index (χ0n) is 13.0. The summed E-state index contributed by atoms with van der Waals surface area (Å²) in [5.74, 6) is -0.600. The lowest BCUT2D eigenvalue weighted by Gasteiger charge is -2.22. The zero-order chi connectivity index (χ0) is 16.8. The Labute approximate surface area is 129 Å². The van der Waals surface area contributed by atoms with Crippen LogP contribution in [0.25, 0.3) is 0 Å². The van der Waals surface area contributed by atoms with Crippen molar-refractivity contribution < 1.29 is 19.1 Å². The Morgan fingerprint density at radius 1 is 1.41 bits per heavy atom. The third kappa shape index (κ3) is 5.79. The van der Waals surface area contributed by atoms with Gasteiger partial charge in [0, 0.05) is 18.3 Å². The molecule has 0 saturated heterocycles. The molecule has 1 heterocycles. The smallest absolute Gasteiger partial charge is 0.408 e. The monoisotopic (exact) mass is 305 g/mol. The van der Waals surface area contributed by atoms with Crippen molar-refractivity contribution in [3.8, 4) is 6.07 Å². The van der Waals surface area contributed by atoms with E-state index < -0.39 is 23.7 Å². The van der Waals surface area contributed by atoms with Crippen molar-refractivity contribution in [1.82, 2.24) is 10.3 Å². The molecule has 7 heteroatoms. The molecule has 0 fully saturated rings. The molecule has 0 saturated carbocycles. The Morgan fingerprint density at radius 2 is 2.09 bits per heavy atom. The Balaban J connectivity index is 2.78. The second-order valence-corrected chi connectivity index (χ2v) is 5.58. The number of aromatic nitrogens is 1. The third-order valence-electron chi connectivity index (χ3n) is 2.54. The number of nitrogens with one attached hydrogen (secondary N) is 1. The van der Waals surface area contributed by atoms with Gasteiger partial charge in [0.15, 0.2) is 0 Å². The van der Waals surface area contributed by atoms with E-state index in [-0.39, 0.29) is 6.42 Å². The van der Waals surface area contributed by atoms with Crippen LogP contribution in [0.4, 0.5) is 4.79 Å². The number of carbonyl (C=O) groups excluding carboxylic acids is 2. The van der Waals surface area contributed by atoms with Crippen LogP contribution in [0.5, 0.6) is 0 Å². The first-order chi connectivity index (χ1) is 10.2. The van der Waals surface area contributed by atoms with Gasteiger partial charge in [0.2, 0.25) is 0 Å². The van der Waals surface area contributed by atoms with Gasteiger partial charge in [-0.15, -0.1) is 0 Å². The second-order valence-electron chi connectivity index (χ2n) is 5.58. The van der Waals surface area contributed by atoms with Gasteiger partial charge in [-0.1, -0.05) is 0 Å². The summed E-state index contributed by atoms with van der Waals surface area (Å²) in [6, 6.07) is 4.24. The average molecular weight is 305 g/mol. The Bertz CT molecular complexity index is 570. The van der Waals surface area contributed by atoms with Gasteiger partial charge in [-0.2, -0.15) is 5.26 Å². The zero-order valence-corrected chi connectivity index (χ0v) is 13.0. The van der Waals surface area contributed by atoms with E-state index in [1.54, 1.807) is 32.9 Å². The normalized spacial score (nSPS) is 12.0. The standard InChI is InChI=1S/C15H19N3O4/c1-15(2,3)22-14(20)18-12(13(19)21-4)7-11-6-5-10(8-16)9-17-11/h5-6,9,12H,7H2,1-4H3,(H,18,20)/t12-/m0/s1. The number of methoxy groups -OCH3 is 1. The molecule has 1 N–H and O–H groups in total. The molecule has 118 valence electrons. The fourth-order valence-corrected chi connectivity index (χ4v) is 1.61. The summed E-state index contributed by atoms with van der Waals surface area (Å²) >= 11 is 0. The van der Waals surface area contributed by atoms with Crippen molar-refractivity contribution in [2.45, 2.75) is 38.8 Å². The Hall–Kier alpha value is -2.62. The largest absolute Gasteiger partial charge is 0.467 e. The first-order valence-corrected chi connectivity index (χ1v) is 6.67. The van der Waals surface area contributed by atoms with Crippen LogP contribution in [-0.4, -0.2) is 35.8 Å². The van der Waals surface area contributed by atoms with Crippen LogP contribution in [0.3, 0.4) is 0 Å². The lowest BCUT2D eigenvalue weighted by molar-refractivity contribution is -0.143. The van der Waals surface area contributed by atoms with Gasteiger partial charge in [-0.25, -0.2) is 9.59 Å². The number of ether oxygens (including phenoxy) is 2. The molecule has 1 aromatic heterocycles. The van der Waals surface area contributed by atoms with Crippen molar-refractivity contribution in [3.63, 3.8) is 0 Å². The van der Waals surface area contributed by atoms with Gasteiger partial charge in [0.25, 0.3) is 0 Å². The highest BCUT2D eigenvalue weighted by Gasteiger charge is 2.25. The minimum absolute atomic E-state index is 0.137. The highest BCUT2D eigenvalue weighted by Crippen LogP contribution is 2.08. The number of nitrogens with zero attached hydrogens (tertiary/aromatic N) is 2. The van der Waals surface area contributed by atoms with Crippen molar-refractivity contribution in [3.05, 3.63) is 29.6 Å². The van der Waals surface area contributed by atoms with Gasteiger partial charge >= 0.3 is 12.1 Å². The molecule has 0 aliphatic heterocycles. The molecule has 1 rings (SSSR count). The molecule has 1 aromatic rings. The van der Waals surface area contributed by atoms with E-state index in [1.807, 2.05) is 6.07 Å². The molecule has 22 heavy (non-hydrogen) atoms. The topological polar surface area (TPSA) is 101 Å². The predicted octanol–water partition coefficient (Wildman–Crippen LogP) is 1.56. The molecule has 7 nitrogen and oxygen atoms in total. The van der Waals surface area contributed by atoms with Crippen LogP contribution >= 0.6 is 0 Å². The predicted molar refractivity (Wildman–Crippen MR) is 77.8 cm³/mol. The van der Waals surface area contributed by atoms with Gasteiger partial charge in [0.05, 0.1) is 12.7 Å². The summed E-state index contributed by atoms with van der Waals surface area (Å²) in [5.41, 5.74) is 0.293. The lowest BCUT2D eigenvalue weighted by atomic mass is 10.1. The van der Waals surface area contributed by atoms with Gasteiger partial charge in [0.1, 0.15) is 17.7 Å². The fourth-order valence-electron chi connectivity index (χ4n) is 1.61. The number of carbonyl (C=O) groups is 2. The molecule has 0 spiro atoms. The van der Waals surface area contributed by atoms with Crippen molar-refractivity contribution in [1.29, 1.82) is 5.26 Å². The van der Waals surface area contributed by atoms with Crippen molar-refractivity contribution >= 4 is 12.1 Å². The van der Waals surface area contributed by atoms with E-state index in [4.69, 9.17) is 10.00 Å². The van der Waals surface area contributed by atoms with Gasteiger partial charge < -0.3 is 14.8 Å². The van der Waals surface area contributed by atoms with Gasteiger partial charge in [-0.05, 0) is 32.9 Å². The van der Waals surface area contributed by atoms with Crippen LogP contribution in [0, 0.1) is 11.3 Å². The molecule has 1 atom stereocenters. The molecule has 1 amide bonds. The summed E-state index contributed by atoms with van der Waals surface area (Å²) in [4.78, 5) is 27.6. The third-order valence-corrected chi connectivity index (χ3v) is 2.54. The molecule has 0 aliphatic carbocycles. The number of esters is 1. The van der Waals surface area contributed by atoms with Crippen LogP contribution in [0.15, 0.2) is 18.3 Å². The number of rotatable bonds is 4. The summed E-state index contributed by atoms with van der Waals surface area (Å²) in [6.07, 6.45) is 0.825. The summed E-state index contributed by atoms with van der Waals surface area (Å²) in [7, 11) is 1.23. The van der Waals surface area contributed by atoms with Crippen LogP contribution in [0.2, 0.25) is 0 Å². The number of pyridine rings is 1. The molecular weight excluding hydrogens is 286 g/mol. The maximum atomic E-state index is 11.8. The van der Waals surface area contributed by atoms with E-state index in [9.17, 15) is 9.59 Å². The number of amides is 1. The van der Waals surface area contributed by atoms with Crippen LogP contribution in [-0.2, 0) is 20.7 Å². The number of hydrogen-bond acceptors (Lipinski definition) is 6. The van der Waals surface area contributed by atoms with Crippen LogP contribution in [0.1, 0.15) is 32.0 Å². The molecule has 0 radical (unpaired) electrons. The van der Waals surface area contributed by atoms with E-state index >= 15 is 0 Å². The first-order valence-electron chi connectivity index (χ1n) is 6.67. The summed E-state index contributed by atoms with van der Waals surface area (Å²) in [5, 5.41) is 11.2. The molecule has 0 unspecified atom stereocenters. The van der Waals surface area contributed by atoms with E-state index in [0.29, 0.717) is 11.3 Å². The molecule has 0 aliphatic rings. The van der Waals surface area contributed by atoms with Crippen LogP contribution < -0.4 is 5.32 Å². The maximum Gasteiger partial charge on any atom is 0.408 e. The molecular formula is C15H19N3O4. The second kappa shape index (κ2) is 7.41. The van der Waals surface area contributed by atoms with E-state index in [2.05, 4.69) is 15.0 Å². The highest BCUT2D eigenvalue weighted by atomic mass is 16.6. The fraction of sp³-hybridized carbons (Fsp3) is 0.467. The number of nitriles is 1. The van der Waals surface area contributed by atoms with E-state index in [1.165, 1.54) is 13.3 Å². The maximum absolute atomic E-state index is 11.8. The average Bonchev–Trinajstić information content (AvgIpc) is 2.44. The number of hydrogen-bond donors (Lipinski definition) is 1. The van der Waals surface area contributed by atoms with Gasteiger partial charge in [-0.3, -0.25) is 4.98 Å². The lowest BCUT2D eigenvalue weighted by Crippen LogP contribution is -2.45. The molecule has 0 bridgehead atoms. The van der Waals surface area contributed by atoms with Crippen molar-refractivity contribution in [2.75, 3.05) is 7.11 Å². The highest BCUT2D eigenvalue weighted by molar-refractivity contribution is 5.81. The Kier molecular flexibility index (Phi) is 5.87.